The van der Waals surface area contributed by atoms with Crippen molar-refractivity contribution in [3.8, 4) is 0 Å². The number of hydrogen-bond donors (Lipinski definition) is 3. The first kappa shape index (κ1) is 13.5. The van der Waals surface area contributed by atoms with Crippen molar-refractivity contribution in [3.05, 3.63) is 0 Å². The van der Waals surface area contributed by atoms with Gasteiger partial charge in [-0.25, -0.2) is 0 Å². The molecule has 0 saturated heterocycles. The van der Waals surface area contributed by atoms with Crippen LogP contribution in [0.25, 0.3) is 0 Å². The van der Waals surface area contributed by atoms with E-state index in [0.717, 1.165) is 12.8 Å². The van der Waals surface area contributed by atoms with Crippen LogP contribution in [0, 0.1) is 0 Å². The molecule has 0 aromatic rings. The summed E-state index contributed by atoms with van der Waals surface area (Å²) in [6, 6.07) is -0.716. The predicted molar refractivity (Wildman–Crippen MR) is 38.5 cm³/mol. The number of unbranched alkanes of at least 4 members (excludes halogenated alkanes) is 1. The molecule has 5 heteroatoms. The summed E-state index contributed by atoms with van der Waals surface area (Å²) in [5.74, 6) is -0.933. The number of rotatable bonds is 5. The molecule has 0 aromatic carbocycles. The van der Waals surface area contributed by atoms with Gasteiger partial charge in [-0.2, -0.15) is 0 Å². The molecular weight excluding hydrogens is 196 g/mol. The van der Waals surface area contributed by atoms with E-state index in [0.29, 0.717) is 13.0 Å². The number of carboxylic acid groups (broad SMARTS) is 1. The Bertz CT molecular complexity index is 111. The third-order valence-corrected chi connectivity index (χ3v) is 1.29. The van der Waals surface area contributed by atoms with Gasteiger partial charge in [-0.15, -0.1) is 0 Å². The normalized spacial score (nSPS) is 11.8. The Kier molecular flexibility index (Phi) is 9.83. The largest absolute Gasteiger partial charge is 0.480 e. The van der Waals surface area contributed by atoms with Crippen LogP contribution in [0.4, 0.5) is 0 Å². The van der Waals surface area contributed by atoms with E-state index in [1.54, 1.807) is 0 Å². The Balaban J connectivity index is 0. The average Bonchev–Trinajstić information content (AvgIpc) is 1.88. The van der Waals surface area contributed by atoms with Crippen LogP contribution in [-0.4, -0.2) is 23.7 Å². The molecule has 0 aliphatic carbocycles. The van der Waals surface area contributed by atoms with Gasteiger partial charge >= 0.3 is 5.97 Å². The molecular formula is C6H14CuN2O2. The van der Waals surface area contributed by atoms with Crippen molar-refractivity contribution in [2.24, 2.45) is 11.5 Å². The number of nitrogens with two attached hydrogens (primary N) is 2. The Labute approximate surface area is 76.8 Å². The predicted octanol–water partition coefficient (Wildman–Crippen LogP) is -0.475. The van der Waals surface area contributed by atoms with Gasteiger partial charge in [0, 0.05) is 17.1 Å². The van der Waals surface area contributed by atoms with Crippen LogP contribution < -0.4 is 11.5 Å². The Morgan fingerprint density at radius 3 is 2.36 bits per heavy atom. The number of carboxylic acids is 1. The molecule has 71 valence electrons. The second kappa shape index (κ2) is 8.01. The van der Waals surface area contributed by atoms with E-state index in [-0.39, 0.29) is 17.1 Å². The fourth-order valence-corrected chi connectivity index (χ4v) is 0.632. The molecule has 1 radical (unpaired) electrons. The Morgan fingerprint density at radius 1 is 1.45 bits per heavy atom. The van der Waals surface area contributed by atoms with Crippen molar-refractivity contribution in [3.63, 3.8) is 0 Å². The molecule has 0 bridgehead atoms. The van der Waals surface area contributed by atoms with Crippen LogP contribution in [-0.2, 0) is 21.9 Å². The van der Waals surface area contributed by atoms with Gasteiger partial charge in [0.2, 0.25) is 0 Å². The van der Waals surface area contributed by atoms with E-state index < -0.39 is 12.0 Å². The third kappa shape index (κ3) is 7.81. The van der Waals surface area contributed by atoms with Crippen LogP contribution in [0.15, 0.2) is 0 Å². The molecule has 0 aliphatic heterocycles. The third-order valence-electron chi connectivity index (χ3n) is 1.29. The molecule has 4 nitrogen and oxygen atoms in total. The molecule has 0 heterocycles. The second-order valence-corrected chi connectivity index (χ2v) is 2.23. The molecule has 0 spiro atoms. The zero-order valence-corrected chi connectivity index (χ0v) is 7.16. The van der Waals surface area contributed by atoms with E-state index in [4.69, 9.17) is 16.6 Å². The molecule has 1 atom stereocenters. The quantitative estimate of drug-likeness (QED) is 0.422. The molecule has 0 fully saturated rings. The average molecular weight is 210 g/mol. The van der Waals surface area contributed by atoms with Gasteiger partial charge in [0.1, 0.15) is 6.04 Å². The van der Waals surface area contributed by atoms with Crippen molar-refractivity contribution in [1.29, 1.82) is 0 Å². The number of hydrogen-bond acceptors (Lipinski definition) is 3. The summed E-state index contributed by atoms with van der Waals surface area (Å²) in [6.45, 7) is 0.604. The van der Waals surface area contributed by atoms with Gasteiger partial charge < -0.3 is 16.6 Å². The summed E-state index contributed by atoms with van der Waals surface area (Å²) in [7, 11) is 0. The van der Waals surface area contributed by atoms with Crippen LogP contribution in [0.5, 0.6) is 0 Å². The van der Waals surface area contributed by atoms with Gasteiger partial charge in [-0.3, -0.25) is 4.79 Å². The van der Waals surface area contributed by atoms with Gasteiger partial charge in [0.15, 0.2) is 0 Å². The molecule has 0 aromatic heterocycles. The topological polar surface area (TPSA) is 89.3 Å². The van der Waals surface area contributed by atoms with E-state index in [2.05, 4.69) is 0 Å². The van der Waals surface area contributed by atoms with Crippen molar-refractivity contribution in [1.82, 2.24) is 0 Å². The first-order valence-corrected chi connectivity index (χ1v) is 3.37. The summed E-state index contributed by atoms with van der Waals surface area (Å²) in [4.78, 5) is 10.1. The minimum Gasteiger partial charge on any atom is -0.480 e. The summed E-state index contributed by atoms with van der Waals surface area (Å²) >= 11 is 0. The first-order chi connectivity index (χ1) is 4.68. The number of aliphatic carboxylic acids is 1. The molecule has 1 unspecified atom stereocenters. The maximum absolute atomic E-state index is 10.1. The standard InChI is InChI=1S/C6H14N2O2.Cu/c7-4-2-1-3-5(8)6(9)10;/h5H,1-4,7-8H2,(H,9,10);. The van der Waals surface area contributed by atoms with Gasteiger partial charge in [-0.05, 0) is 19.4 Å². The van der Waals surface area contributed by atoms with Crippen LogP contribution in [0.2, 0.25) is 0 Å². The summed E-state index contributed by atoms with van der Waals surface area (Å²) in [5.41, 5.74) is 10.4. The fourth-order valence-electron chi connectivity index (χ4n) is 0.632. The molecule has 0 saturated carbocycles. The molecule has 0 rings (SSSR count). The minimum absolute atomic E-state index is 0. The summed E-state index contributed by atoms with van der Waals surface area (Å²) in [6.07, 6.45) is 2.16. The van der Waals surface area contributed by atoms with Crippen LogP contribution in [0.3, 0.4) is 0 Å². The second-order valence-electron chi connectivity index (χ2n) is 2.23. The van der Waals surface area contributed by atoms with E-state index in [1.165, 1.54) is 0 Å². The zero-order chi connectivity index (χ0) is 7.98. The van der Waals surface area contributed by atoms with Crippen molar-refractivity contribution < 1.29 is 27.0 Å². The molecule has 0 aliphatic rings. The monoisotopic (exact) mass is 209 g/mol. The van der Waals surface area contributed by atoms with Gasteiger partial charge in [-0.1, -0.05) is 6.42 Å². The number of carbonyl (C=O) groups is 1. The first-order valence-electron chi connectivity index (χ1n) is 3.37. The SMILES string of the molecule is NCCCCC(N)C(=O)O.[Cu]. The van der Waals surface area contributed by atoms with Gasteiger partial charge in [0.25, 0.3) is 0 Å². The summed E-state index contributed by atoms with van der Waals surface area (Å²) < 4.78 is 0. The Hall–Kier alpha value is -0.0905. The molecule has 11 heavy (non-hydrogen) atoms. The Morgan fingerprint density at radius 2 is 2.00 bits per heavy atom. The molecule has 0 amide bonds. The maximum atomic E-state index is 10.1. The summed E-state index contributed by atoms with van der Waals surface area (Å²) in [5, 5.41) is 8.33. The fraction of sp³-hybridized carbons (Fsp3) is 0.833. The van der Waals surface area contributed by atoms with Crippen molar-refractivity contribution >= 4 is 5.97 Å². The smallest absolute Gasteiger partial charge is 0.320 e. The maximum Gasteiger partial charge on any atom is 0.320 e. The van der Waals surface area contributed by atoms with E-state index in [9.17, 15) is 4.79 Å². The minimum atomic E-state index is -0.933. The molecule has 5 N–H and O–H groups in total. The van der Waals surface area contributed by atoms with E-state index >= 15 is 0 Å². The van der Waals surface area contributed by atoms with Gasteiger partial charge in [0.05, 0.1) is 0 Å². The van der Waals surface area contributed by atoms with E-state index in [1.807, 2.05) is 0 Å². The van der Waals surface area contributed by atoms with Crippen LogP contribution >= 0.6 is 0 Å². The van der Waals surface area contributed by atoms with Crippen molar-refractivity contribution in [2.75, 3.05) is 6.54 Å². The zero-order valence-electron chi connectivity index (χ0n) is 6.22. The van der Waals surface area contributed by atoms with Crippen molar-refractivity contribution in [2.45, 2.75) is 25.3 Å². The van der Waals surface area contributed by atoms with Crippen LogP contribution in [0.1, 0.15) is 19.3 Å².